The van der Waals surface area contributed by atoms with E-state index in [-0.39, 0.29) is 60.3 Å². The van der Waals surface area contributed by atoms with Crippen LogP contribution >= 0.6 is 0 Å². The van der Waals surface area contributed by atoms with Gasteiger partial charge in [0.1, 0.15) is 87.1 Å². The van der Waals surface area contributed by atoms with Crippen molar-refractivity contribution in [3.8, 4) is 46.0 Å². The van der Waals surface area contributed by atoms with Crippen LogP contribution in [0.25, 0.3) is 0 Å². The molecule has 4 aliphatic heterocycles. The second kappa shape index (κ2) is 21.0. The molecule has 4 fully saturated rings. The number of rotatable bonds is 24. The minimum atomic E-state index is -0.652. The molecule has 5 unspecified atom stereocenters. The Hall–Kier alpha value is -7.18. The van der Waals surface area contributed by atoms with Crippen LogP contribution in [0.15, 0.2) is 121 Å². The molecule has 1 spiro atoms. The van der Waals surface area contributed by atoms with Crippen LogP contribution in [0.2, 0.25) is 0 Å². The van der Waals surface area contributed by atoms with Gasteiger partial charge < -0.3 is 57.1 Å². The van der Waals surface area contributed by atoms with Crippen molar-refractivity contribution in [2.75, 3.05) is 52.9 Å². The second-order valence-corrected chi connectivity index (χ2v) is 21.8. The van der Waals surface area contributed by atoms with Crippen LogP contribution in [0.3, 0.4) is 0 Å². The van der Waals surface area contributed by atoms with Crippen molar-refractivity contribution in [2.45, 2.75) is 94.4 Å². The average Bonchev–Trinajstić information content (AvgIpc) is 4.39. The third-order valence-corrected chi connectivity index (χ3v) is 14.7. The predicted molar refractivity (Wildman–Crippen MR) is 276 cm³/mol. The lowest BCUT2D eigenvalue weighted by molar-refractivity contribution is -0.239. The Kier molecular flexibility index (Phi) is 13.8. The summed E-state index contributed by atoms with van der Waals surface area (Å²) in [6.07, 6.45) is 1.78. The first-order valence-electron chi connectivity index (χ1n) is 26.1. The van der Waals surface area contributed by atoms with Gasteiger partial charge in [0.25, 0.3) is 0 Å². The summed E-state index contributed by atoms with van der Waals surface area (Å²) >= 11 is 0. The molecule has 0 amide bonds. The molecule has 77 heavy (non-hydrogen) atoms. The van der Waals surface area contributed by atoms with Crippen LogP contribution in [0, 0.1) is 0 Å². The summed E-state index contributed by atoms with van der Waals surface area (Å²) in [5.41, 5.74) is 4.63. The first-order chi connectivity index (χ1) is 37.3. The summed E-state index contributed by atoms with van der Waals surface area (Å²) in [7, 11) is 0. The molecule has 0 saturated carbocycles. The van der Waals surface area contributed by atoms with E-state index in [1.807, 2.05) is 72.8 Å². The van der Waals surface area contributed by atoms with Gasteiger partial charge in [0.15, 0.2) is 11.5 Å². The topological polar surface area (TPSA) is 177 Å². The fourth-order valence-electron chi connectivity index (χ4n) is 10.4. The van der Waals surface area contributed by atoms with E-state index in [4.69, 9.17) is 66.9 Å². The molecule has 0 bridgehead atoms. The quantitative estimate of drug-likeness (QED) is 0.0184. The maximum Gasteiger partial charge on any atom is 0.343 e. The number of carbonyl (C=O) groups excluding carboxylic acids is 2. The molecule has 2 aliphatic carbocycles. The molecule has 6 aliphatic rings. The fraction of sp³-hybridized carbons (Fsp3) is 0.377. The monoisotopic (exact) mass is 1050 g/mol. The SMILES string of the molecule is CC1(C)CC2(CC(C)(C)c3cc(OC(=O)c4ccc(OCC5CO5)cc4)c(OC(=O)c4ccc(OCC5CO5)cc4)cc32)c2cc(OOCc3ccc(OCC4CO4)cc3)c(OOCc3ccc(OCC4CO4)cc3)cc21. The zero-order valence-electron chi connectivity index (χ0n) is 43.4. The molecule has 0 aromatic heterocycles. The minimum absolute atomic E-state index is 0.0765. The number of ether oxygens (including phenoxy) is 10. The Bertz CT molecular complexity index is 3100. The van der Waals surface area contributed by atoms with E-state index >= 15 is 0 Å². The van der Waals surface area contributed by atoms with E-state index in [0.717, 1.165) is 51.5 Å². The predicted octanol–water partition coefficient (Wildman–Crippen LogP) is 9.91. The highest BCUT2D eigenvalue weighted by atomic mass is 17.2. The van der Waals surface area contributed by atoms with Gasteiger partial charge in [-0.1, -0.05) is 52.0 Å². The van der Waals surface area contributed by atoms with E-state index in [0.29, 0.717) is 82.1 Å². The Morgan fingerprint density at radius 2 is 0.727 bits per heavy atom. The number of epoxide rings is 4. The summed E-state index contributed by atoms with van der Waals surface area (Å²) in [6, 6.07) is 36.3. The highest BCUT2D eigenvalue weighted by molar-refractivity contribution is 5.93. The molecule has 6 aromatic rings. The molecular weight excluding hydrogens is 989 g/mol. The maximum atomic E-state index is 14.2. The summed E-state index contributed by atoms with van der Waals surface area (Å²) < 4.78 is 56.9. The van der Waals surface area contributed by atoms with E-state index < -0.39 is 28.2 Å². The molecular formula is C61H60O16. The van der Waals surface area contributed by atoms with Gasteiger partial charge in [-0.3, -0.25) is 0 Å². The number of hydrogen-bond donors (Lipinski definition) is 0. The lowest BCUT2D eigenvalue weighted by atomic mass is 9.72. The molecule has 12 rings (SSSR count). The third-order valence-electron chi connectivity index (χ3n) is 14.7. The molecule has 4 saturated heterocycles. The molecule has 4 heterocycles. The Morgan fingerprint density at radius 1 is 0.429 bits per heavy atom. The van der Waals surface area contributed by atoms with Crippen LogP contribution in [-0.2, 0) is 58.2 Å². The van der Waals surface area contributed by atoms with Crippen molar-refractivity contribution in [3.05, 3.63) is 166 Å². The third kappa shape index (κ3) is 11.9. The largest absolute Gasteiger partial charge is 0.491 e. The van der Waals surface area contributed by atoms with E-state index in [9.17, 15) is 9.59 Å². The number of esters is 2. The Morgan fingerprint density at radius 3 is 1.06 bits per heavy atom. The zero-order chi connectivity index (χ0) is 52.7. The van der Waals surface area contributed by atoms with Crippen LogP contribution in [-0.4, -0.2) is 89.2 Å². The number of carbonyl (C=O) groups is 2. The van der Waals surface area contributed by atoms with Gasteiger partial charge in [-0.15, -0.1) is 0 Å². The number of fused-ring (bicyclic) bond motifs is 4. The van der Waals surface area contributed by atoms with Gasteiger partial charge >= 0.3 is 11.9 Å². The van der Waals surface area contributed by atoms with E-state index in [1.54, 1.807) is 48.5 Å². The van der Waals surface area contributed by atoms with Crippen molar-refractivity contribution >= 4 is 11.9 Å². The number of benzene rings is 6. The van der Waals surface area contributed by atoms with E-state index in [2.05, 4.69) is 27.7 Å². The first-order valence-corrected chi connectivity index (χ1v) is 26.1. The van der Waals surface area contributed by atoms with E-state index in [1.165, 1.54) is 0 Å². The van der Waals surface area contributed by atoms with Crippen LogP contribution in [0.5, 0.6) is 46.0 Å². The van der Waals surface area contributed by atoms with Gasteiger partial charge in [-0.05, 0) is 154 Å². The lowest BCUT2D eigenvalue weighted by Crippen LogP contribution is -2.27. The average molecular weight is 1050 g/mol. The van der Waals surface area contributed by atoms with Gasteiger partial charge in [0.2, 0.25) is 11.5 Å². The Labute approximate surface area is 446 Å². The molecule has 0 radical (unpaired) electrons. The lowest BCUT2D eigenvalue weighted by Gasteiger charge is -2.30. The van der Waals surface area contributed by atoms with Crippen molar-refractivity contribution < 1.29 is 76.5 Å². The summed E-state index contributed by atoms with van der Waals surface area (Å²) in [6.45, 7) is 13.6. The van der Waals surface area contributed by atoms with Gasteiger partial charge in [0.05, 0.1) is 37.6 Å². The van der Waals surface area contributed by atoms with Gasteiger partial charge in [-0.25, -0.2) is 9.59 Å². The smallest absolute Gasteiger partial charge is 0.343 e. The van der Waals surface area contributed by atoms with Crippen molar-refractivity contribution in [3.63, 3.8) is 0 Å². The minimum Gasteiger partial charge on any atom is -0.491 e. The summed E-state index contributed by atoms with van der Waals surface area (Å²) in [4.78, 5) is 52.5. The molecule has 5 atom stereocenters. The van der Waals surface area contributed by atoms with Crippen molar-refractivity contribution in [1.29, 1.82) is 0 Å². The van der Waals surface area contributed by atoms with Gasteiger partial charge in [-0.2, -0.15) is 9.78 Å². The maximum absolute atomic E-state index is 14.2. The highest BCUT2D eigenvalue weighted by Crippen LogP contribution is 2.65. The van der Waals surface area contributed by atoms with Crippen molar-refractivity contribution in [1.82, 2.24) is 0 Å². The molecule has 16 nitrogen and oxygen atoms in total. The zero-order valence-corrected chi connectivity index (χ0v) is 43.4. The van der Waals surface area contributed by atoms with Crippen LogP contribution < -0.4 is 38.2 Å². The fourth-order valence-corrected chi connectivity index (χ4v) is 10.4. The highest BCUT2D eigenvalue weighted by Gasteiger charge is 2.57. The number of hydrogen-bond acceptors (Lipinski definition) is 16. The molecule has 6 aromatic carbocycles. The summed E-state index contributed by atoms with van der Waals surface area (Å²) in [5.74, 6) is 2.21. The van der Waals surface area contributed by atoms with Crippen molar-refractivity contribution in [2.24, 2.45) is 0 Å². The first kappa shape index (κ1) is 50.6. The second-order valence-electron chi connectivity index (χ2n) is 21.8. The molecule has 16 heteroatoms. The van der Waals surface area contributed by atoms with Crippen LogP contribution in [0.1, 0.15) is 94.6 Å². The molecule has 0 N–H and O–H groups in total. The summed E-state index contributed by atoms with van der Waals surface area (Å²) in [5, 5.41) is 0. The Balaban J connectivity index is 0.858. The van der Waals surface area contributed by atoms with Crippen LogP contribution in [0.4, 0.5) is 0 Å². The van der Waals surface area contributed by atoms with Gasteiger partial charge in [0, 0.05) is 5.41 Å². The standard InChI is InChI=1S/C61H60O16/c1-59(2)35-61(51-23-54(75-58(63)40-11-19-44(20-12-40)67-30-48-34-71-48)53(21-49(51)59)74-57(62)39-9-17-43(18-10-39)66-29-47-33-70-47)36-60(3,4)50-22-55(76-72-25-37-5-13-41(14-6-37)64-27-45-31-68-45)56(24-52(50)61)77-73-26-38-7-15-42(16-8-38)65-28-46-32-69-46/h5-24,45-48H,25-36H2,1-4H3. The molecule has 400 valence electrons. The normalized spacial score (nSPS) is 22.3.